The Morgan fingerprint density at radius 2 is 1.43 bits per heavy atom. The summed E-state index contributed by atoms with van der Waals surface area (Å²) in [6, 6.07) is 0. The summed E-state index contributed by atoms with van der Waals surface area (Å²) >= 11 is 0. The van der Waals surface area contributed by atoms with E-state index in [4.69, 9.17) is 0 Å². The highest BCUT2D eigenvalue weighted by atomic mass is 14.3. The van der Waals surface area contributed by atoms with E-state index in [1.807, 2.05) is 0 Å². The maximum atomic E-state index is 2.35. The zero-order valence-electron chi connectivity index (χ0n) is 5.44. The van der Waals surface area contributed by atoms with E-state index in [0.29, 0.717) is 0 Å². The van der Waals surface area contributed by atoms with Crippen LogP contribution in [0.25, 0.3) is 0 Å². The molecular formula is C7H14. The molecule has 0 aliphatic heterocycles. The smallest absolute Gasteiger partial charge is 0.0391 e. The first kappa shape index (κ1) is 5.14. The molecular weight excluding hydrogens is 84.1 g/mol. The van der Waals surface area contributed by atoms with Crippen LogP contribution in [-0.2, 0) is 0 Å². The van der Waals surface area contributed by atoms with Crippen molar-refractivity contribution < 1.29 is 0 Å². The van der Waals surface area contributed by atoms with Gasteiger partial charge in [0.2, 0.25) is 0 Å². The maximum Gasteiger partial charge on any atom is -0.0391 e. The zero-order chi connectivity index (χ0) is 5.44. The molecule has 0 nitrogen and oxygen atoms in total. The Morgan fingerprint density at radius 1 is 1.00 bits per heavy atom. The molecule has 7 heavy (non-hydrogen) atoms. The minimum absolute atomic E-state index is 1.000. The van der Waals surface area contributed by atoms with Gasteiger partial charge < -0.3 is 0 Å². The van der Waals surface area contributed by atoms with Crippen molar-refractivity contribution in [3.8, 4) is 0 Å². The molecule has 3 atom stereocenters. The van der Waals surface area contributed by atoms with Crippen LogP contribution in [0.15, 0.2) is 0 Å². The van der Waals surface area contributed by atoms with Gasteiger partial charge in [-0.05, 0) is 24.2 Å². The second-order valence-corrected chi connectivity index (χ2v) is 3.05. The van der Waals surface area contributed by atoms with Gasteiger partial charge in [0.1, 0.15) is 0 Å². The molecule has 0 heterocycles. The molecule has 0 saturated heterocycles. The molecule has 2 unspecified atom stereocenters. The van der Waals surface area contributed by atoms with Crippen molar-refractivity contribution in [1.29, 1.82) is 0 Å². The van der Waals surface area contributed by atoms with Crippen molar-refractivity contribution in [2.24, 2.45) is 17.8 Å². The van der Waals surface area contributed by atoms with Crippen LogP contribution in [0.2, 0.25) is 0 Å². The fourth-order valence-corrected chi connectivity index (χ4v) is 1.38. The number of hydrogen-bond donors (Lipinski definition) is 0. The quantitative estimate of drug-likeness (QED) is 0.436. The van der Waals surface area contributed by atoms with Gasteiger partial charge in [-0.1, -0.05) is 20.8 Å². The van der Waals surface area contributed by atoms with Gasteiger partial charge in [0.05, 0.1) is 0 Å². The third-order valence-electron chi connectivity index (χ3n) is 2.54. The number of hydrogen-bond acceptors (Lipinski definition) is 0. The molecule has 0 heteroatoms. The highest BCUT2D eigenvalue weighted by molar-refractivity contribution is 4.79. The average molecular weight is 98.2 g/mol. The minimum atomic E-state index is 1.000. The molecule has 0 radical (unpaired) electrons. The minimum Gasteiger partial charge on any atom is -0.0622 e. The second kappa shape index (κ2) is 1.50. The summed E-state index contributed by atoms with van der Waals surface area (Å²) in [5.41, 5.74) is 0. The highest BCUT2D eigenvalue weighted by Gasteiger charge is 2.29. The third kappa shape index (κ3) is 0.667. The van der Waals surface area contributed by atoms with E-state index in [0.717, 1.165) is 17.8 Å². The molecule has 0 bridgehead atoms. The SMILES string of the molecule is CC1C[C@@H](C)C1C. The first-order chi connectivity index (χ1) is 3.22. The van der Waals surface area contributed by atoms with Crippen LogP contribution in [0.5, 0.6) is 0 Å². The van der Waals surface area contributed by atoms with Crippen LogP contribution in [0.4, 0.5) is 0 Å². The Kier molecular flexibility index (Phi) is 1.10. The third-order valence-corrected chi connectivity index (χ3v) is 2.54. The van der Waals surface area contributed by atoms with Crippen LogP contribution in [0.1, 0.15) is 27.2 Å². The second-order valence-electron chi connectivity index (χ2n) is 3.05. The van der Waals surface area contributed by atoms with Crippen LogP contribution < -0.4 is 0 Å². The van der Waals surface area contributed by atoms with Gasteiger partial charge in [0.25, 0.3) is 0 Å². The standard InChI is InChI=1S/C7H14/c1-5-4-6(2)7(5)3/h5-7H,4H2,1-3H3/t5-,6?,7?/m1/s1. The fraction of sp³-hybridized carbons (Fsp3) is 1.00. The number of rotatable bonds is 0. The Morgan fingerprint density at radius 3 is 1.43 bits per heavy atom. The van der Waals surface area contributed by atoms with Gasteiger partial charge >= 0.3 is 0 Å². The summed E-state index contributed by atoms with van der Waals surface area (Å²) in [5, 5.41) is 0. The van der Waals surface area contributed by atoms with E-state index in [-0.39, 0.29) is 0 Å². The van der Waals surface area contributed by atoms with Crippen molar-refractivity contribution in [3.05, 3.63) is 0 Å². The summed E-state index contributed by atoms with van der Waals surface area (Å²) < 4.78 is 0. The summed E-state index contributed by atoms with van der Waals surface area (Å²) in [7, 11) is 0. The predicted molar refractivity (Wildman–Crippen MR) is 32.1 cm³/mol. The Labute approximate surface area is 45.9 Å². The normalized spacial score (nSPS) is 51.0. The van der Waals surface area contributed by atoms with Crippen molar-refractivity contribution in [2.75, 3.05) is 0 Å². The molecule has 1 fully saturated rings. The Balaban J connectivity index is 2.29. The topological polar surface area (TPSA) is 0 Å². The van der Waals surface area contributed by atoms with Crippen LogP contribution in [-0.4, -0.2) is 0 Å². The molecule has 1 aliphatic carbocycles. The van der Waals surface area contributed by atoms with Gasteiger partial charge in [0.15, 0.2) is 0 Å². The van der Waals surface area contributed by atoms with Crippen LogP contribution >= 0.6 is 0 Å². The van der Waals surface area contributed by atoms with E-state index < -0.39 is 0 Å². The first-order valence-electron chi connectivity index (χ1n) is 3.22. The Hall–Kier alpha value is 0. The monoisotopic (exact) mass is 98.1 g/mol. The van der Waals surface area contributed by atoms with E-state index in [9.17, 15) is 0 Å². The molecule has 42 valence electrons. The summed E-state index contributed by atoms with van der Waals surface area (Å²) in [6.45, 7) is 7.02. The molecule has 0 N–H and O–H groups in total. The van der Waals surface area contributed by atoms with Crippen LogP contribution in [0.3, 0.4) is 0 Å². The molecule has 1 rings (SSSR count). The molecule has 0 aromatic rings. The lowest BCUT2D eigenvalue weighted by molar-refractivity contribution is 0.120. The maximum absolute atomic E-state index is 2.35. The lowest BCUT2D eigenvalue weighted by Gasteiger charge is -2.38. The van der Waals surface area contributed by atoms with E-state index in [2.05, 4.69) is 20.8 Å². The first-order valence-corrected chi connectivity index (χ1v) is 3.22. The van der Waals surface area contributed by atoms with Gasteiger partial charge in [-0.3, -0.25) is 0 Å². The van der Waals surface area contributed by atoms with Gasteiger partial charge in [0, 0.05) is 0 Å². The van der Waals surface area contributed by atoms with Crippen molar-refractivity contribution in [2.45, 2.75) is 27.2 Å². The van der Waals surface area contributed by atoms with Gasteiger partial charge in [-0.2, -0.15) is 0 Å². The predicted octanol–water partition coefficient (Wildman–Crippen LogP) is 2.30. The fourth-order valence-electron chi connectivity index (χ4n) is 1.38. The average Bonchev–Trinajstić information content (AvgIpc) is 1.68. The van der Waals surface area contributed by atoms with Crippen molar-refractivity contribution in [3.63, 3.8) is 0 Å². The molecule has 1 saturated carbocycles. The zero-order valence-corrected chi connectivity index (χ0v) is 5.44. The summed E-state index contributed by atoms with van der Waals surface area (Å²) in [5.74, 6) is 3.02. The van der Waals surface area contributed by atoms with Crippen molar-refractivity contribution in [1.82, 2.24) is 0 Å². The Bertz CT molecular complexity index is 58.4. The summed E-state index contributed by atoms with van der Waals surface area (Å²) in [4.78, 5) is 0. The molecule has 0 aromatic carbocycles. The summed E-state index contributed by atoms with van der Waals surface area (Å²) in [6.07, 6.45) is 1.46. The highest BCUT2D eigenvalue weighted by Crippen LogP contribution is 2.38. The van der Waals surface area contributed by atoms with Crippen molar-refractivity contribution >= 4 is 0 Å². The molecule has 0 aromatic heterocycles. The van der Waals surface area contributed by atoms with Gasteiger partial charge in [-0.25, -0.2) is 0 Å². The van der Waals surface area contributed by atoms with Gasteiger partial charge in [-0.15, -0.1) is 0 Å². The largest absolute Gasteiger partial charge is 0.0622 e. The molecule has 0 amide bonds. The lowest BCUT2D eigenvalue weighted by Crippen LogP contribution is -2.29. The molecule has 0 spiro atoms. The van der Waals surface area contributed by atoms with Crippen LogP contribution in [0, 0.1) is 17.8 Å². The lowest BCUT2D eigenvalue weighted by atomic mass is 9.68. The molecule has 1 aliphatic rings. The van der Waals surface area contributed by atoms with E-state index in [1.54, 1.807) is 0 Å². The van der Waals surface area contributed by atoms with E-state index in [1.165, 1.54) is 6.42 Å². The van der Waals surface area contributed by atoms with E-state index >= 15 is 0 Å².